The molecule has 0 nitrogen and oxygen atoms in total. The summed E-state index contributed by atoms with van der Waals surface area (Å²) >= 11 is 0. The fraction of sp³-hybridized carbons (Fsp3) is 0.750. The first-order valence-electron chi connectivity index (χ1n) is 2.45. The maximum atomic E-state index is 11.6. The predicted octanol–water partition coefficient (Wildman–Crippen LogP) is 0.252. The molecule has 0 aromatic heterocycles. The maximum absolute atomic E-state index is 11.6. The van der Waals surface area contributed by atoms with E-state index in [4.69, 9.17) is 0 Å². The van der Waals surface area contributed by atoms with Crippen LogP contribution in [0.15, 0.2) is 0 Å². The smallest absolute Gasteiger partial charge is 0.441 e. The second-order valence-corrected chi connectivity index (χ2v) is 1.88. The van der Waals surface area contributed by atoms with E-state index in [2.05, 4.69) is 0 Å². The zero-order chi connectivity index (χ0) is 11.1. The summed E-state index contributed by atoms with van der Waals surface area (Å²) in [5.41, 5.74) is 0. The van der Waals surface area contributed by atoms with Gasteiger partial charge >= 0.3 is 63.7 Å². The van der Waals surface area contributed by atoms with Crippen LogP contribution < -0.4 is 51.4 Å². The average molecular weight is 258 g/mol. The first-order valence-corrected chi connectivity index (χ1v) is 2.45. The SMILES string of the molecule is F[C-](C(F)(F)F)C(F)(F)C(F)(F)F.[K+]. The van der Waals surface area contributed by atoms with Gasteiger partial charge in [0.1, 0.15) is 0 Å². The quantitative estimate of drug-likeness (QED) is 0.359. The monoisotopic (exact) mass is 258 g/mol. The van der Waals surface area contributed by atoms with Crippen LogP contribution in [0, 0.1) is 6.17 Å². The Hall–Kier alpha value is 1.01. The molecule has 0 fully saturated rings. The third-order valence-corrected chi connectivity index (χ3v) is 0.881. The van der Waals surface area contributed by atoms with E-state index in [0.29, 0.717) is 0 Å². The largest absolute Gasteiger partial charge is 1.00 e. The topological polar surface area (TPSA) is 0 Å². The van der Waals surface area contributed by atoms with Gasteiger partial charge < -0.3 is 4.39 Å². The summed E-state index contributed by atoms with van der Waals surface area (Å²) in [6.07, 6.45) is -17.3. The van der Waals surface area contributed by atoms with Crippen LogP contribution in [-0.4, -0.2) is 18.3 Å². The van der Waals surface area contributed by atoms with Crippen LogP contribution in [0.5, 0.6) is 0 Å². The minimum absolute atomic E-state index is 0. The predicted molar refractivity (Wildman–Crippen MR) is 21.4 cm³/mol. The Morgan fingerprint density at radius 1 is 0.714 bits per heavy atom. The Morgan fingerprint density at radius 3 is 1.07 bits per heavy atom. The van der Waals surface area contributed by atoms with Gasteiger partial charge in [0.2, 0.25) is 0 Å². The first-order chi connectivity index (χ1) is 5.40. The molecule has 0 aliphatic rings. The van der Waals surface area contributed by atoms with Crippen LogP contribution in [0.1, 0.15) is 0 Å². The first kappa shape index (κ1) is 17.4. The normalized spacial score (nSPS) is 14.1. The van der Waals surface area contributed by atoms with Crippen molar-refractivity contribution < 1.29 is 90.9 Å². The molecule has 0 unspecified atom stereocenters. The van der Waals surface area contributed by atoms with Crippen molar-refractivity contribution in [2.24, 2.45) is 0 Å². The van der Waals surface area contributed by atoms with Crippen LogP contribution >= 0.6 is 0 Å². The molecule has 0 aliphatic carbocycles. The van der Waals surface area contributed by atoms with Gasteiger partial charge in [0.15, 0.2) is 0 Å². The van der Waals surface area contributed by atoms with Crippen molar-refractivity contribution in [3.05, 3.63) is 6.17 Å². The Bertz CT molecular complexity index is 178. The average Bonchev–Trinajstić information content (AvgIpc) is 1.81. The van der Waals surface area contributed by atoms with Gasteiger partial charge in [-0.1, -0.05) is 0 Å². The van der Waals surface area contributed by atoms with Crippen molar-refractivity contribution in [3.63, 3.8) is 0 Å². The molecule has 0 atom stereocenters. The van der Waals surface area contributed by atoms with Crippen LogP contribution in [0.25, 0.3) is 0 Å². The van der Waals surface area contributed by atoms with Crippen LogP contribution in [0.2, 0.25) is 0 Å². The summed E-state index contributed by atoms with van der Waals surface area (Å²) in [4.78, 5) is 0. The van der Waals surface area contributed by atoms with Crippen molar-refractivity contribution in [1.82, 2.24) is 0 Å². The van der Waals surface area contributed by atoms with E-state index in [1.54, 1.807) is 0 Å². The summed E-state index contributed by atoms with van der Waals surface area (Å²) in [7, 11) is 0. The summed E-state index contributed by atoms with van der Waals surface area (Å²) in [6.45, 7) is 0. The number of rotatable bonds is 1. The van der Waals surface area contributed by atoms with E-state index < -0.39 is 24.4 Å². The molecule has 0 spiro atoms. The molecule has 10 heteroatoms. The molecule has 0 rings (SSSR count). The van der Waals surface area contributed by atoms with Crippen LogP contribution in [-0.2, 0) is 0 Å². The third-order valence-electron chi connectivity index (χ3n) is 0.881. The Labute approximate surface area is 114 Å². The third kappa shape index (κ3) is 3.87. The zero-order valence-corrected chi connectivity index (χ0v) is 9.52. The molecule has 0 saturated heterocycles. The van der Waals surface area contributed by atoms with Gasteiger partial charge in [0.05, 0.1) is 0 Å². The van der Waals surface area contributed by atoms with Gasteiger partial charge in [-0.3, -0.25) is 0 Å². The summed E-state index contributed by atoms with van der Waals surface area (Å²) in [5, 5.41) is 0. The van der Waals surface area contributed by atoms with Gasteiger partial charge in [-0.15, -0.1) is 0 Å². The second-order valence-electron chi connectivity index (χ2n) is 1.88. The Kier molecular flexibility index (Phi) is 6.08. The van der Waals surface area contributed by atoms with E-state index >= 15 is 0 Å². The Balaban J connectivity index is 0. The molecule has 0 amide bonds. The van der Waals surface area contributed by atoms with Crippen molar-refractivity contribution >= 4 is 0 Å². The van der Waals surface area contributed by atoms with Crippen molar-refractivity contribution in [2.45, 2.75) is 18.3 Å². The molecule has 0 heterocycles. The number of hydrogen-bond acceptors (Lipinski definition) is 0. The van der Waals surface area contributed by atoms with Crippen molar-refractivity contribution in [1.29, 1.82) is 0 Å². The molecular formula is C4F9K. The van der Waals surface area contributed by atoms with Gasteiger partial charge in [-0.05, 0) is 0 Å². The van der Waals surface area contributed by atoms with E-state index in [0.717, 1.165) is 0 Å². The second kappa shape index (κ2) is 4.89. The standard InChI is InChI=1S/C4F9.K/c5-1(3(8,9)10)2(6,7)4(11,12)13;/q-1;+1. The van der Waals surface area contributed by atoms with E-state index in [9.17, 15) is 39.5 Å². The van der Waals surface area contributed by atoms with Gasteiger partial charge in [-0.2, -0.15) is 13.2 Å². The van der Waals surface area contributed by atoms with E-state index in [1.165, 1.54) is 0 Å². The summed E-state index contributed by atoms with van der Waals surface area (Å²) in [5.74, 6) is -6.49. The van der Waals surface area contributed by atoms with Gasteiger partial charge in [0, 0.05) is 6.17 Å². The van der Waals surface area contributed by atoms with Gasteiger partial charge in [0.25, 0.3) is 5.92 Å². The number of halogens is 9. The molecule has 0 radical (unpaired) electrons. The molecule has 0 saturated carbocycles. The fourth-order valence-electron chi connectivity index (χ4n) is 0.302. The number of alkyl halides is 8. The maximum Gasteiger partial charge on any atom is 1.00 e. The fourth-order valence-corrected chi connectivity index (χ4v) is 0.302. The molecule has 0 aliphatic heterocycles. The molecular weight excluding hydrogens is 258 g/mol. The molecule has 0 N–H and O–H groups in total. The number of hydrogen-bond donors (Lipinski definition) is 0. The van der Waals surface area contributed by atoms with Crippen molar-refractivity contribution in [2.75, 3.05) is 0 Å². The Morgan fingerprint density at radius 2 is 1.00 bits per heavy atom. The van der Waals surface area contributed by atoms with E-state index in [-0.39, 0.29) is 51.4 Å². The molecule has 0 bridgehead atoms. The minimum Gasteiger partial charge on any atom is -0.441 e. The molecule has 80 valence electrons. The van der Waals surface area contributed by atoms with Crippen molar-refractivity contribution in [3.8, 4) is 0 Å². The summed E-state index contributed by atoms with van der Waals surface area (Å²) in [6, 6.07) is 0. The van der Waals surface area contributed by atoms with E-state index in [1.807, 2.05) is 0 Å². The molecule has 0 aromatic carbocycles. The minimum atomic E-state index is -6.59. The molecule has 14 heavy (non-hydrogen) atoms. The van der Waals surface area contributed by atoms with Crippen LogP contribution in [0.4, 0.5) is 39.5 Å². The zero-order valence-electron chi connectivity index (χ0n) is 6.40. The molecule has 0 aromatic rings. The van der Waals surface area contributed by atoms with Gasteiger partial charge in [-0.25, -0.2) is 22.0 Å². The summed E-state index contributed by atoms with van der Waals surface area (Å²) < 4.78 is 101. The van der Waals surface area contributed by atoms with Crippen LogP contribution in [0.3, 0.4) is 0 Å².